The molecule has 0 aliphatic carbocycles. The van der Waals surface area contributed by atoms with Gasteiger partial charge in [-0.3, -0.25) is 0 Å². The number of hydrogen-bond donors (Lipinski definition) is 0. The van der Waals surface area contributed by atoms with Crippen molar-refractivity contribution in [1.29, 1.82) is 0 Å². The Kier molecular flexibility index (Phi) is 4.74. The van der Waals surface area contributed by atoms with Crippen LogP contribution in [0.1, 0.15) is 22.3 Å². The maximum absolute atomic E-state index is 12.9. The molecular weight excluding hydrogens is 339 g/mol. The van der Waals surface area contributed by atoms with Crippen LogP contribution in [0.2, 0.25) is 5.02 Å². The van der Waals surface area contributed by atoms with Gasteiger partial charge in [0.25, 0.3) is 0 Å². The molecule has 1 aliphatic rings. The average molecular weight is 356 g/mol. The molecule has 6 heteroatoms. The molecular formula is C18H17ClF3NO. The number of hydrogen-bond acceptors (Lipinski definition) is 2. The molecule has 1 aliphatic heterocycles. The minimum Gasteiger partial charge on any atom is -0.489 e. The molecule has 2 aromatic rings. The number of ether oxygens (including phenoxy) is 1. The Morgan fingerprint density at radius 3 is 2.67 bits per heavy atom. The van der Waals surface area contributed by atoms with Crippen LogP contribution in [-0.2, 0) is 25.7 Å². The Hall–Kier alpha value is -1.72. The fourth-order valence-corrected chi connectivity index (χ4v) is 3.20. The Morgan fingerprint density at radius 2 is 1.92 bits per heavy atom. The molecule has 0 N–H and O–H groups in total. The van der Waals surface area contributed by atoms with Crippen LogP contribution >= 0.6 is 11.6 Å². The van der Waals surface area contributed by atoms with Crippen LogP contribution < -0.4 is 4.74 Å². The summed E-state index contributed by atoms with van der Waals surface area (Å²) in [5.41, 5.74) is 1.81. The van der Waals surface area contributed by atoms with Crippen molar-refractivity contribution in [1.82, 2.24) is 4.90 Å². The number of benzene rings is 2. The Bertz CT molecular complexity index is 746. The van der Waals surface area contributed by atoms with Gasteiger partial charge in [0, 0.05) is 18.7 Å². The van der Waals surface area contributed by atoms with E-state index in [1.54, 1.807) is 6.07 Å². The first kappa shape index (κ1) is 17.1. The quantitative estimate of drug-likeness (QED) is 0.774. The van der Waals surface area contributed by atoms with E-state index >= 15 is 0 Å². The summed E-state index contributed by atoms with van der Waals surface area (Å²) in [5.74, 6) is 0.717. The van der Waals surface area contributed by atoms with Crippen LogP contribution in [0.15, 0.2) is 36.4 Å². The maximum Gasteiger partial charge on any atom is 0.417 e. The van der Waals surface area contributed by atoms with E-state index in [4.69, 9.17) is 16.3 Å². The molecule has 2 aromatic carbocycles. The molecule has 0 amide bonds. The average Bonchev–Trinajstić information content (AvgIpc) is 2.52. The standard InChI is InChI=1S/C18H17ClF3NO/c1-23-9-8-14-12(10-23)4-3-7-16(14)24-11-13-5-2-6-15(17(13)19)18(20,21)22/h2-7H,8-11H2,1H3. The lowest BCUT2D eigenvalue weighted by atomic mass is 9.99. The number of fused-ring (bicyclic) bond motifs is 1. The van der Waals surface area contributed by atoms with E-state index in [0.717, 1.165) is 31.1 Å². The van der Waals surface area contributed by atoms with E-state index < -0.39 is 11.7 Å². The fourth-order valence-electron chi connectivity index (χ4n) is 2.92. The lowest BCUT2D eigenvalue weighted by molar-refractivity contribution is -0.137. The zero-order valence-corrected chi connectivity index (χ0v) is 13.9. The van der Waals surface area contributed by atoms with Gasteiger partial charge in [-0.2, -0.15) is 13.2 Å². The lowest BCUT2D eigenvalue weighted by Crippen LogP contribution is -2.26. The highest BCUT2D eigenvalue weighted by Gasteiger charge is 2.33. The van der Waals surface area contributed by atoms with Crippen LogP contribution in [-0.4, -0.2) is 18.5 Å². The molecule has 128 valence electrons. The predicted molar refractivity (Wildman–Crippen MR) is 87.3 cm³/mol. The van der Waals surface area contributed by atoms with Gasteiger partial charge in [0.15, 0.2) is 0 Å². The summed E-state index contributed by atoms with van der Waals surface area (Å²) < 4.78 is 44.6. The summed E-state index contributed by atoms with van der Waals surface area (Å²) in [6.07, 6.45) is -3.61. The van der Waals surface area contributed by atoms with Gasteiger partial charge < -0.3 is 9.64 Å². The second kappa shape index (κ2) is 6.65. The molecule has 0 atom stereocenters. The van der Waals surface area contributed by atoms with Crippen molar-refractivity contribution < 1.29 is 17.9 Å². The van der Waals surface area contributed by atoms with Crippen molar-refractivity contribution >= 4 is 11.6 Å². The zero-order chi connectivity index (χ0) is 17.3. The van der Waals surface area contributed by atoms with Crippen molar-refractivity contribution in [2.45, 2.75) is 25.7 Å². The monoisotopic (exact) mass is 355 g/mol. The molecule has 1 heterocycles. The van der Waals surface area contributed by atoms with Crippen LogP contribution in [0.4, 0.5) is 13.2 Å². The van der Waals surface area contributed by atoms with Crippen molar-refractivity contribution in [3.63, 3.8) is 0 Å². The highest BCUT2D eigenvalue weighted by atomic mass is 35.5. The van der Waals surface area contributed by atoms with Crippen molar-refractivity contribution in [2.24, 2.45) is 0 Å². The molecule has 3 rings (SSSR count). The Labute approximate surface area is 143 Å². The van der Waals surface area contributed by atoms with E-state index in [1.807, 2.05) is 12.1 Å². The first-order valence-corrected chi connectivity index (χ1v) is 8.01. The number of alkyl halides is 3. The van der Waals surface area contributed by atoms with Gasteiger partial charge in [0.05, 0.1) is 10.6 Å². The van der Waals surface area contributed by atoms with Gasteiger partial charge in [-0.05, 0) is 36.7 Å². The smallest absolute Gasteiger partial charge is 0.417 e. The molecule has 0 saturated heterocycles. The van der Waals surface area contributed by atoms with Gasteiger partial charge in [0.1, 0.15) is 12.4 Å². The SMILES string of the molecule is CN1CCc2c(cccc2OCc2cccc(C(F)(F)F)c2Cl)C1. The fraction of sp³-hybridized carbons (Fsp3) is 0.333. The van der Waals surface area contributed by atoms with Gasteiger partial charge in [0.2, 0.25) is 0 Å². The van der Waals surface area contributed by atoms with E-state index in [2.05, 4.69) is 18.0 Å². The summed E-state index contributed by atoms with van der Waals surface area (Å²) in [6.45, 7) is 1.78. The van der Waals surface area contributed by atoms with E-state index in [1.165, 1.54) is 11.6 Å². The molecule has 0 fully saturated rings. The number of halogens is 4. The van der Waals surface area contributed by atoms with E-state index in [9.17, 15) is 13.2 Å². The number of likely N-dealkylation sites (N-methyl/N-ethyl adjacent to an activating group) is 1. The second-order valence-electron chi connectivity index (χ2n) is 5.95. The van der Waals surface area contributed by atoms with Gasteiger partial charge in [-0.1, -0.05) is 35.9 Å². The topological polar surface area (TPSA) is 12.5 Å². The molecule has 0 radical (unpaired) electrons. The first-order valence-electron chi connectivity index (χ1n) is 7.63. The van der Waals surface area contributed by atoms with Crippen LogP contribution in [0.5, 0.6) is 5.75 Å². The van der Waals surface area contributed by atoms with Gasteiger partial charge in [-0.25, -0.2) is 0 Å². The minimum absolute atomic E-state index is 0.00897. The first-order chi connectivity index (χ1) is 11.4. The number of nitrogens with zero attached hydrogens (tertiary/aromatic N) is 1. The van der Waals surface area contributed by atoms with E-state index in [0.29, 0.717) is 11.3 Å². The highest BCUT2D eigenvalue weighted by molar-refractivity contribution is 6.32. The zero-order valence-electron chi connectivity index (χ0n) is 13.2. The minimum atomic E-state index is -4.47. The normalized spacial score (nSPS) is 15.2. The third-order valence-electron chi connectivity index (χ3n) is 4.18. The third-order valence-corrected chi connectivity index (χ3v) is 4.63. The van der Waals surface area contributed by atoms with Crippen LogP contribution in [0.3, 0.4) is 0 Å². The summed E-state index contributed by atoms with van der Waals surface area (Å²) >= 11 is 5.92. The van der Waals surface area contributed by atoms with Gasteiger partial charge in [-0.15, -0.1) is 0 Å². The molecule has 0 aromatic heterocycles. The number of rotatable bonds is 3. The molecule has 0 saturated carbocycles. The molecule has 24 heavy (non-hydrogen) atoms. The van der Waals surface area contributed by atoms with Crippen molar-refractivity contribution in [2.75, 3.05) is 13.6 Å². The van der Waals surface area contributed by atoms with Crippen molar-refractivity contribution in [3.05, 3.63) is 63.7 Å². The summed E-state index contributed by atoms with van der Waals surface area (Å²) in [6, 6.07) is 9.69. The lowest BCUT2D eigenvalue weighted by Gasteiger charge is -2.26. The highest BCUT2D eigenvalue weighted by Crippen LogP contribution is 2.37. The maximum atomic E-state index is 12.9. The predicted octanol–water partition coefficient (Wildman–Crippen LogP) is 4.93. The summed E-state index contributed by atoms with van der Waals surface area (Å²) in [5, 5.41) is -0.297. The molecule has 0 bridgehead atoms. The second-order valence-corrected chi connectivity index (χ2v) is 6.32. The van der Waals surface area contributed by atoms with Crippen LogP contribution in [0, 0.1) is 0 Å². The summed E-state index contributed by atoms with van der Waals surface area (Å²) in [7, 11) is 2.05. The molecule has 2 nitrogen and oxygen atoms in total. The van der Waals surface area contributed by atoms with Crippen LogP contribution in [0.25, 0.3) is 0 Å². The largest absolute Gasteiger partial charge is 0.489 e. The Balaban J connectivity index is 1.82. The molecule has 0 unspecified atom stereocenters. The third kappa shape index (κ3) is 3.52. The summed E-state index contributed by atoms with van der Waals surface area (Å²) in [4.78, 5) is 2.22. The van der Waals surface area contributed by atoms with Gasteiger partial charge >= 0.3 is 6.18 Å². The van der Waals surface area contributed by atoms with E-state index in [-0.39, 0.29) is 11.6 Å². The molecule has 0 spiro atoms. The Morgan fingerprint density at radius 1 is 1.17 bits per heavy atom. The van der Waals surface area contributed by atoms with Crippen molar-refractivity contribution in [3.8, 4) is 5.75 Å².